The topological polar surface area (TPSA) is 69.6 Å². The molecule has 0 aromatic heterocycles. The molecule has 6 heteroatoms. The minimum Gasteiger partial charge on any atom is -0.478 e. The molecule has 3 rings (SSSR count). The molecule has 142 valence electrons. The van der Waals surface area contributed by atoms with Crippen LogP contribution in [0.2, 0.25) is 0 Å². The minimum atomic E-state index is -0.977. The lowest BCUT2D eigenvalue weighted by Gasteiger charge is -2.30. The van der Waals surface area contributed by atoms with Gasteiger partial charge in [-0.05, 0) is 49.6 Å². The number of nitrogens with one attached hydrogen (secondary N) is 1. The summed E-state index contributed by atoms with van der Waals surface area (Å²) in [5.41, 5.74) is 2.07. The Balaban J connectivity index is 1.54. The van der Waals surface area contributed by atoms with Crippen molar-refractivity contribution in [3.8, 4) is 0 Å². The van der Waals surface area contributed by atoms with Gasteiger partial charge in [0.1, 0.15) is 0 Å². The van der Waals surface area contributed by atoms with Crippen molar-refractivity contribution in [2.75, 3.05) is 35.6 Å². The van der Waals surface area contributed by atoms with Crippen molar-refractivity contribution in [1.29, 1.82) is 0 Å². The number of anilines is 2. The second kappa shape index (κ2) is 9.46. The molecule has 0 atom stereocenters. The average molecular weight is 385 g/mol. The Hall–Kier alpha value is -2.47. The highest BCUT2D eigenvalue weighted by Gasteiger charge is 2.15. The van der Waals surface area contributed by atoms with Gasteiger partial charge in [-0.1, -0.05) is 18.2 Å². The molecule has 0 radical (unpaired) electrons. The highest BCUT2D eigenvalue weighted by atomic mass is 32.2. The van der Waals surface area contributed by atoms with Crippen LogP contribution in [-0.2, 0) is 4.79 Å². The average Bonchev–Trinajstić information content (AvgIpc) is 2.72. The fourth-order valence-electron chi connectivity index (χ4n) is 3.15. The van der Waals surface area contributed by atoms with Gasteiger partial charge < -0.3 is 15.3 Å². The molecule has 2 N–H and O–H groups in total. The van der Waals surface area contributed by atoms with E-state index < -0.39 is 5.97 Å². The maximum Gasteiger partial charge on any atom is 0.335 e. The third kappa shape index (κ3) is 5.50. The molecular formula is C21H24N2O3S. The Morgan fingerprint density at radius 2 is 1.81 bits per heavy atom. The Kier molecular flexibility index (Phi) is 6.76. The number of piperidine rings is 1. The van der Waals surface area contributed by atoms with Crippen molar-refractivity contribution in [2.24, 2.45) is 0 Å². The number of Topliss-reactive ketones (excluding diaryl/α,β-unsaturated/α-hetero) is 1. The van der Waals surface area contributed by atoms with Crippen LogP contribution in [0, 0.1) is 0 Å². The first-order chi connectivity index (χ1) is 13.1. The van der Waals surface area contributed by atoms with Crippen molar-refractivity contribution >= 4 is 34.9 Å². The number of para-hydroxylation sites is 1. The molecule has 0 amide bonds. The van der Waals surface area contributed by atoms with E-state index >= 15 is 0 Å². The molecule has 1 aliphatic rings. The summed E-state index contributed by atoms with van der Waals surface area (Å²) in [7, 11) is 0. The number of rotatable bonds is 8. The monoisotopic (exact) mass is 384 g/mol. The van der Waals surface area contributed by atoms with Gasteiger partial charge >= 0.3 is 5.97 Å². The first-order valence-electron chi connectivity index (χ1n) is 9.19. The normalized spacial score (nSPS) is 14.0. The third-order valence-electron chi connectivity index (χ3n) is 4.55. The van der Waals surface area contributed by atoms with Gasteiger partial charge in [0, 0.05) is 23.7 Å². The Morgan fingerprint density at radius 1 is 1.04 bits per heavy atom. The number of hydrogen-bond acceptors (Lipinski definition) is 5. The molecule has 0 saturated carbocycles. The van der Waals surface area contributed by atoms with Gasteiger partial charge in [0.15, 0.2) is 5.78 Å². The maximum absolute atomic E-state index is 12.3. The lowest BCUT2D eigenvalue weighted by Crippen LogP contribution is -2.29. The van der Waals surface area contributed by atoms with E-state index in [9.17, 15) is 9.59 Å². The summed E-state index contributed by atoms with van der Waals surface area (Å²) in [6.45, 7) is 2.34. The van der Waals surface area contributed by atoms with Crippen LogP contribution in [0.4, 0.5) is 11.4 Å². The molecule has 27 heavy (non-hydrogen) atoms. The summed E-state index contributed by atoms with van der Waals surface area (Å²) in [6, 6.07) is 14.8. The van der Waals surface area contributed by atoms with Crippen molar-refractivity contribution < 1.29 is 14.7 Å². The number of carboxylic acid groups (broad SMARTS) is 1. The number of hydrogen-bond donors (Lipinski definition) is 2. The van der Waals surface area contributed by atoms with E-state index in [0.29, 0.717) is 11.4 Å². The molecule has 0 spiro atoms. The van der Waals surface area contributed by atoms with E-state index in [-0.39, 0.29) is 17.9 Å². The van der Waals surface area contributed by atoms with Crippen molar-refractivity contribution in [3.63, 3.8) is 0 Å². The van der Waals surface area contributed by atoms with Gasteiger partial charge in [-0.3, -0.25) is 4.79 Å². The Labute approximate surface area is 163 Å². The second-order valence-corrected chi connectivity index (χ2v) is 7.60. The van der Waals surface area contributed by atoms with Crippen molar-refractivity contribution in [3.05, 3.63) is 54.1 Å². The van der Waals surface area contributed by atoms with Crippen LogP contribution < -0.4 is 10.2 Å². The summed E-state index contributed by atoms with van der Waals surface area (Å²) in [5, 5.41) is 12.0. The zero-order valence-electron chi connectivity index (χ0n) is 15.2. The molecule has 1 fully saturated rings. The van der Waals surface area contributed by atoms with E-state index in [1.54, 1.807) is 23.9 Å². The number of benzene rings is 2. The maximum atomic E-state index is 12.3. The lowest BCUT2D eigenvalue weighted by atomic mass is 10.1. The van der Waals surface area contributed by atoms with E-state index in [0.717, 1.165) is 18.0 Å². The van der Waals surface area contributed by atoms with Gasteiger partial charge in [0.05, 0.1) is 23.5 Å². The molecule has 0 bridgehead atoms. The van der Waals surface area contributed by atoms with Crippen LogP contribution >= 0.6 is 11.8 Å². The number of thioether (sulfide) groups is 1. The molecule has 1 saturated heterocycles. The first-order valence-corrected chi connectivity index (χ1v) is 10.2. The molecular weight excluding hydrogens is 360 g/mol. The van der Waals surface area contributed by atoms with Crippen molar-refractivity contribution in [2.45, 2.75) is 24.2 Å². The lowest BCUT2D eigenvalue weighted by molar-refractivity contribution is -0.115. The Bertz CT molecular complexity index is 804. The summed E-state index contributed by atoms with van der Waals surface area (Å²) < 4.78 is 0. The summed E-state index contributed by atoms with van der Waals surface area (Å²) in [6.07, 6.45) is 3.73. The van der Waals surface area contributed by atoms with Crippen LogP contribution in [0.3, 0.4) is 0 Å². The quantitative estimate of drug-likeness (QED) is 0.667. The third-order valence-corrected chi connectivity index (χ3v) is 5.67. The summed E-state index contributed by atoms with van der Waals surface area (Å²) in [5.74, 6) is -0.514. The predicted molar refractivity (Wildman–Crippen MR) is 110 cm³/mol. The number of nitrogens with zero attached hydrogens (tertiary/aromatic N) is 1. The fraction of sp³-hybridized carbons (Fsp3) is 0.333. The van der Waals surface area contributed by atoms with Gasteiger partial charge in [0.2, 0.25) is 0 Å². The van der Waals surface area contributed by atoms with Gasteiger partial charge in [-0.25, -0.2) is 4.79 Å². The molecule has 2 aromatic carbocycles. The molecule has 5 nitrogen and oxygen atoms in total. The molecule has 1 heterocycles. The van der Waals surface area contributed by atoms with Gasteiger partial charge in [0.25, 0.3) is 0 Å². The second-order valence-electron chi connectivity index (χ2n) is 6.58. The van der Waals surface area contributed by atoms with Crippen molar-refractivity contribution in [1.82, 2.24) is 0 Å². The van der Waals surface area contributed by atoms with Crippen LogP contribution in [0.25, 0.3) is 0 Å². The summed E-state index contributed by atoms with van der Waals surface area (Å²) in [4.78, 5) is 26.8. The predicted octanol–water partition coefficient (Wildman–Crippen LogP) is 4.15. The molecule has 1 aliphatic heterocycles. The zero-order chi connectivity index (χ0) is 19.1. The van der Waals surface area contributed by atoms with Crippen LogP contribution in [-0.4, -0.2) is 42.2 Å². The zero-order valence-corrected chi connectivity index (χ0v) is 16.0. The first kappa shape index (κ1) is 19.3. The van der Waals surface area contributed by atoms with Gasteiger partial charge in [-0.15, -0.1) is 11.8 Å². The smallest absolute Gasteiger partial charge is 0.335 e. The fourth-order valence-corrected chi connectivity index (χ4v) is 4.09. The minimum absolute atomic E-state index is 0.0779. The molecule has 0 aliphatic carbocycles. The molecule has 2 aromatic rings. The van der Waals surface area contributed by atoms with Crippen LogP contribution in [0.15, 0.2) is 53.4 Å². The number of carbonyl (C=O) groups excluding carboxylic acids is 1. The number of ketones is 1. The van der Waals surface area contributed by atoms with E-state index in [4.69, 9.17) is 5.11 Å². The largest absolute Gasteiger partial charge is 0.478 e. The van der Waals surface area contributed by atoms with Crippen LogP contribution in [0.1, 0.15) is 29.6 Å². The van der Waals surface area contributed by atoms with Gasteiger partial charge in [-0.2, -0.15) is 0 Å². The van der Waals surface area contributed by atoms with E-state index in [2.05, 4.69) is 22.3 Å². The highest BCUT2D eigenvalue weighted by molar-refractivity contribution is 8.00. The standard InChI is InChI=1S/C21H24N2O3S/c24-18(14-22-17-8-6-7-16(13-17)21(25)26)15-27-20-10-3-2-9-19(20)23-11-4-1-5-12-23/h2-3,6-10,13,22H,1,4-5,11-12,14-15H2,(H,25,26). The number of aromatic carboxylic acids is 1. The summed E-state index contributed by atoms with van der Waals surface area (Å²) >= 11 is 1.57. The van der Waals surface area contributed by atoms with E-state index in [1.807, 2.05) is 12.1 Å². The van der Waals surface area contributed by atoms with E-state index in [1.165, 1.54) is 37.1 Å². The Morgan fingerprint density at radius 3 is 2.59 bits per heavy atom. The van der Waals surface area contributed by atoms with Crippen LogP contribution in [0.5, 0.6) is 0 Å². The number of carbonyl (C=O) groups is 2. The number of carboxylic acids is 1. The molecule has 0 unspecified atom stereocenters. The highest BCUT2D eigenvalue weighted by Crippen LogP contribution is 2.31. The SMILES string of the molecule is O=C(CNc1cccc(C(=O)O)c1)CSc1ccccc1N1CCCCC1.